The van der Waals surface area contributed by atoms with Crippen molar-refractivity contribution in [3.8, 4) is 22.1 Å². The number of rotatable bonds is 6. The van der Waals surface area contributed by atoms with Gasteiger partial charge in [0.15, 0.2) is 5.13 Å². The lowest BCUT2D eigenvalue weighted by Crippen LogP contribution is -2.37. The summed E-state index contributed by atoms with van der Waals surface area (Å²) in [6.07, 6.45) is 4.02. The highest BCUT2D eigenvalue weighted by atomic mass is 32.2. The number of anilines is 2. The second-order valence-corrected chi connectivity index (χ2v) is 14.6. The maximum Gasteiger partial charge on any atom is 0.397 e. The molecule has 0 spiro atoms. The first kappa shape index (κ1) is 35.5. The fraction of sp³-hybridized carbons (Fsp3) is 0.471. The number of benzene rings is 1. The van der Waals surface area contributed by atoms with Gasteiger partial charge in [-0.15, -0.1) is 5.10 Å². The van der Waals surface area contributed by atoms with Gasteiger partial charge in [-0.1, -0.05) is 61.4 Å². The number of thiazole rings is 1. The maximum atomic E-state index is 13.4. The van der Waals surface area contributed by atoms with Crippen molar-refractivity contribution in [2.75, 3.05) is 29.3 Å². The summed E-state index contributed by atoms with van der Waals surface area (Å²) in [6, 6.07) is 16.0. The maximum absolute atomic E-state index is 13.4. The normalized spacial score (nSPS) is 18.4. The van der Waals surface area contributed by atoms with E-state index in [-0.39, 0.29) is 12.4 Å². The van der Waals surface area contributed by atoms with E-state index in [1.165, 1.54) is 35.3 Å². The van der Waals surface area contributed by atoms with E-state index in [1.807, 2.05) is 12.1 Å². The number of halogens is 3. The van der Waals surface area contributed by atoms with E-state index < -0.39 is 18.2 Å². The molecule has 6 rings (SSSR count). The van der Waals surface area contributed by atoms with Crippen molar-refractivity contribution in [2.45, 2.75) is 70.5 Å². The van der Waals surface area contributed by atoms with E-state index in [0.717, 1.165) is 98.0 Å². The van der Waals surface area contributed by atoms with Crippen molar-refractivity contribution in [2.24, 2.45) is 17.3 Å². The Morgan fingerprint density at radius 1 is 1.06 bits per heavy atom. The summed E-state index contributed by atoms with van der Waals surface area (Å²) in [7, 11) is 0. The molecule has 14 heteroatoms. The Kier molecular flexibility index (Phi) is 11.6. The van der Waals surface area contributed by atoms with Gasteiger partial charge in [0.05, 0.1) is 5.41 Å². The third-order valence-electron chi connectivity index (χ3n) is 8.63. The Hall–Kier alpha value is -3.78. The number of hydrogen-bond acceptors (Lipinski definition) is 9. The number of aromatic nitrogens is 4. The average molecular weight is 703 g/mol. The molecule has 2 unspecified atom stereocenters. The Morgan fingerprint density at radius 3 is 2.56 bits per heavy atom. The molecule has 0 radical (unpaired) electrons. The lowest BCUT2D eigenvalue weighted by Gasteiger charge is -2.26. The zero-order valence-electron chi connectivity index (χ0n) is 27.2. The second-order valence-electron chi connectivity index (χ2n) is 12.8. The summed E-state index contributed by atoms with van der Waals surface area (Å²) in [6.45, 7) is 5.85. The van der Waals surface area contributed by atoms with Gasteiger partial charge < -0.3 is 19.5 Å². The standard InChI is InChI=1S/C33H39F3N6OS2.CH2O2/c1-22-19-24(22)20-41-17-9-5-4-6-11-23-12-7-8-13-25(23)29-30(44-31(38-29)40-45-28-15-10-14-26(41)37-28)42-18-16-27(39-42)43-21-32(2,3)33(34,35)36;2-1-3/h7-8,10,12-16,18,22,24H,4-6,9,11,17,19-21H2,1-3H3,(H,38,40);1H,(H,2,3). The fourth-order valence-electron chi connectivity index (χ4n) is 5.43. The Morgan fingerprint density at radius 2 is 1.81 bits per heavy atom. The van der Waals surface area contributed by atoms with E-state index in [4.69, 9.17) is 24.6 Å². The van der Waals surface area contributed by atoms with Gasteiger partial charge in [-0.25, -0.2) is 14.6 Å². The molecule has 48 heavy (non-hydrogen) atoms. The predicted octanol–water partition coefficient (Wildman–Crippen LogP) is 8.76. The summed E-state index contributed by atoms with van der Waals surface area (Å²) in [4.78, 5) is 20.8. The zero-order chi connectivity index (χ0) is 34.3. The topological polar surface area (TPSA) is 105 Å². The van der Waals surface area contributed by atoms with Gasteiger partial charge in [-0.05, 0) is 69.1 Å². The average Bonchev–Trinajstić information content (AvgIpc) is 3.39. The third kappa shape index (κ3) is 9.01. The number of carboxylic acid groups (broad SMARTS) is 1. The first-order valence-electron chi connectivity index (χ1n) is 16.1. The van der Waals surface area contributed by atoms with Gasteiger partial charge >= 0.3 is 6.18 Å². The van der Waals surface area contributed by atoms with E-state index >= 15 is 0 Å². The Labute approximate surface area is 287 Å². The molecule has 1 aliphatic carbocycles. The molecule has 2 N–H and O–H groups in total. The Balaban J connectivity index is 0.00000145. The van der Waals surface area contributed by atoms with Crippen LogP contribution in [0.3, 0.4) is 0 Å². The first-order valence-corrected chi connectivity index (χ1v) is 17.7. The minimum Gasteiger partial charge on any atom is -0.483 e. The summed E-state index contributed by atoms with van der Waals surface area (Å²) in [5.74, 6) is 2.66. The number of ether oxygens (including phenoxy) is 1. The number of hydrogen-bond donors (Lipinski definition) is 2. The summed E-state index contributed by atoms with van der Waals surface area (Å²) < 4.78 is 50.7. The monoisotopic (exact) mass is 702 g/mol. The number of fused-ring (bicyclic) bond motifs is 6. The lowest BCUT2D eigenvalue weighted by molar-refractivity contribution is -0.219. The number of pyridine rings is 1. The van der Waals surface area contributed by atoms with Gasteiger partial charge in [-0.2, -0.15) is 13.2 Å². The number of carbonyl (C=O) groups is 1. The highest BCUT2D eigenvalue weighted by Crippen LogP contribution is 2.41. The second kappa shape index (κ2) is 15.6. The van der Waals surface area contributed by atoms with E-state index in [1.54, 1.807) is 16.9 Å². The van der Waals surface area contributed by atoms with Crippen molar-refractivity contribution in [3.05, 3.63) is 60.3 Å². The number of aryl methyl sites for hydroxylation is 1. The lowest BCUT2D eigenvalue weighted by atomic mass is 9.94. The van der Waals surface area contributed by atoms with Crippen LogP contribution in [0.1, 0.15) is 58.4 Å². The van der Waals surface area contributed by atoms with Crippen LogP contribution in [-0.2, 0) is 11.2 Å². The van der Waals surface area contributed by atoms with Crippen molar-refractivity contribution < 1.29 is 27.8 Å². The molecule has 2 atom stereocenters. The van der Waals surface area contributed by atoms with Crippen LogP contribution >= 0.6 is 23.3 Å². The molecule has 2 aliphatic rings. The third-order valence-corrected chi connectivity index (χ3v) is 10.5. The van der Waals surface area contributed by atoms with Gasteiger partial charge in [-0.3, -0.25) is 4.79 Å². The molecule has 0 amide bonds. The molecule has 4 aromatic rings. The molecule has 9 nitrogen and oxygen atoms in total. The van der Waals surface area contributed by atoms with Crippen LogP contribution < -0.4 is 14.4 Å². The van der Waals surface area contributed by atoms with Gasteiger partial charge in [0.1, 0.15) is 28.1 Å². The van der Waals surface area contributed by atoms with Crippen molar-refractivity contribution in [3.63, 3.8) is 0 Å². The SMILES string of the molecule is CC1CC1CN1CCCCCCc2ccccc2-c2nc(sc2-n2ccc(OCC(C)(C)C(F)(F)F)n2)NSc2cccc1n2.O=CO. The summed E-state index contributed by atoms with van der Waals surface area (Å²) in [5.41, 5.74) is 0.992. The van der Waals surface area contributed by atoms with Crippen LogP contribution in [0, 0.1) is 17.3 Å². The molecule has 1 aliphatic heterocycles. The highest BCUT2D eigenvalue weighted by Gasteiger charge is 2.48. The minimum atomic E-state index is -4.39. The van der Waals surface area contributed by atoms with Crippen LogP contribution in [0.4, 0.5) is 24.1 Å². The van der Waals surface area contributed by atoms with Gasteiger partial charge in [0.2, 0.25) is 5.88 Å². The van der Waals surface area contributed by atoms with Crippen LogP contribution in [-0.4, -0.2) is 57.2 Å². The Bertz CT molecular complexity index is 1660. The zero-order valence-corrected chi connectivity index (χ0v) is 28.9. The predicted molar refractivity (Wildman–Crippen MR) is 184 cm³/mol. The van der Waals surface area contributed by atoms with Crippen LogP contribution in [0.5, 0.6) is 5.88 Å². The molecule has 4 heterocycles. The number of alkyl halides is 3. The van der Waals surface area contributed by atoms with Crippen LogP contribution in [0.25, 0.3) is 16.3 Å². The minimum absolute atomic E-state index is 0.129. The molecular weight excluding hydrogens is 662 g/mol. The number of nitrogens with zero attached hydrogens (tertiary/aromatic N) is 5. The largest absolute Gasteiger partial charge is 0.483 e. The van der Waals surface area contributed by atoms with Crippen molar-refractivity contribution >= 4 is 40.7 Å². The highest BCUT2D eigenvalue weighted by molar-refractivity contribution is 8.00. The summed E-state index contributed by atoms with van der Waals surface area (Å²) in [5, 5.41) is 13.7. The van der Waals surface area contributed by atoms with Crippen LogP contribution in [0.15, 0.2) is 59.8 Å². The van der Waals surface area contributed by atoms with Crippen molar-refractivity contribution in [1.82, 2.24) is 19.7 Å². The fourth-order valence-corrected chi connectivity index (χ4v) is 7.01. The molecular formula is C34H41F3N6O3S2. The molecule has 1 saturated carbocycles. The van der Waals surface area contributed by atoms with E-state index in [2.05, 4.69) is 52.0 Å². The van der Waals surface area contributed by atoms with Crippen LogP contribution in [0.2, 0.25) is 0 Å². The van der Waals surface area contributed by atoms with Crippen molar-refractivity contribution in [1.29, 1.82) is 0 Å². The molecule has 1 fully saturated rings. The number of nitrogens with one attached hydrogen (secondary N) is 1. The smallest absolute Gasteiger partial charge is 0.397 e. The molecule has 1 aromatic carbocycles. The molecule has 258 valence electrons. The quantitative estimate of drug-likeness (QED) is 0.151. The van der Waals surface area contributed by atoms with Gasteiger partial charge in [0.25, 0.3) is 6.47 Å². The molecule has 0 saturated heterocycles. The van der Waals surface area contributed by atoms with E-state index in [9.17, 15) is 13.2 Å². The molecule has 3 aromatic heterocycles. The summed E-state index contributed by atoms with van der Waals surface area (Å²) >= 11 is 2.84. The first-order chi connectivity index (χ1) is 23.0. The molecule has 4 bridgehead atoms. The van der Waals surface area contributed by atoms with E-state index in [0.29, 0.717) is 5.13 Å². The van der Waals surface area contributed by atoms with Gasteiger partial charge in [0, 0.05) is 42.9 Å².